The molecule has 0 unspecified atom stereocenters. The molecule has 1 aliphatic heterocycles. The highest BCUT2D eigenvalue weighted by atomic mass is 32.1. The molecule has 0 atom stereocenters. The van der Waals surface area contributed by atoms with Gasteiger partial charge in [-0.3, -0.25) is 4.57 Å². The first kappa shape index (κ1) is 22.1. The Labute approximate surface area is 188 Å². The smallest absolute Gasteiger partial charge is 0.352 e. The van der Waals surface area contributed by atoms with Gasteiger partial charge in [-0.1, -0.05) is 6.07 Å². The van der Waals surface area contributed by atoms with Crippen LogP contribution in [-0.4, -0.2) is 52.8 Å². The van der Waals surface area contributed by atoms with Gasteiger partial charge in [-0.25, -0.2) is 13.6 Å². The third kappa shape index (κ3) is 4.72. The van der Waals surface area contributed by atoms with E-state index in [9.17, 15) is 13.6 Å². The zero-order valence-electron chi connectivity index (χ0n) is 18.1. The predicted molar refractivity (Wildman–Crippen MR) is 119 cm³/mol. The zero-order valence-corrected chi connectivity index (χ0v) is 18.9. The molecule has 32 heavy (non-hydrogen) atoms. The van der Waals surface area contributed by atoms with Gasteiger partial charge in [0.1, 0.15) is 11.6 Å². The fraction of sp³-hybridized carbons (Fsp3) is 0.429. The van der Waals surface area contributed by atoms with Crippen LogP contribution in [0.3, 0.4) is 0 Å². The van der Waals surface area contributed by atoms with Crippen LogP contribution in [0.25, 0.3) is 0 Å². The van der Waals surface area contributed by atoms with E-state index in [1.807, 2.05) is 17.0 Å². The number of nitrogens with zero attached hydrogens (tertiary/aromatic N) is 6. The molecular weight excluding hydrogens is 438 g/mol. The quantitative estimate of drug-likeness (QED) is 0.558. The van der Waals surface area contributed by atoms with E-state index < -0.39 is 11.6 Å². The third-order valence-electron chi connectivity index (χ3n) is 5.29. The third-order valence-corrected chi connectivity index (χ3v) is 6.53. The number of hydrogen-bond acceptors (Lipinski definition) is 8. The van der Waals surface area contributed by atoms with Crippen LogP contribution in [0.2, 0.25) is 0 Å². The number of methoxy groups -OCH3 is 1. The highest BCUT2D eigenvalue weighted by molar-refractivity contribution is 7.12. The van der Waals surface area contributed by atoms with E-state index in [1.54, 1.807) is 26.2 Å². The number of rotatable bonds is 6. The van der Waals surface area contributed by atoms with Gasteiger partial charge in [0.05, 0.1) is 18.5 Å². The van der Waals surface area contributed by atoms with E-state index in [0.29, 0.717) is 48.7 Å². The van der Waals surface area contributed by atoms with Crippen molar-refractivity contribution >= 4 is 23.1 Å². The van der Waals surface area contributed by atoms with Crippen molar-refractivity contribution < 1.29 is 13.5 Å². The molecule has 170 valence electrons. The minimum atomic E-state index is -2.90. The number of aromatic nitrogens is 4. The lowest BCUT2D eigenvalue weighted by atomic mass is 10.3. The highest BCUT2D eigenvalue weighted by Crippen LogP contribution is 2.33. The van der Waals surface area contributed by atoms with E-state index in [4.69, 9.17) is 4.74 Å². The Morgan fingerprint density at radius 1 is 1.06 bits per heavy atom. The minimum absolute atomic E-state index is 0.0286. The van der Waals surface area contributed by atoms with Crippen LogP contribution in [0.5, 0.6) is 5.88 Å². The number of halogens is 2. The van der Waals surface area contributed by atoms with Crippen molar-refractivity contribution in [2.24, 2.45) is 0 Å². The molecule has 4 rings (SSSR count). The van der Waals surface area contributed by atoms with E-state index in [0.717, 1.165) is 24.1 Å². The maximum absolute atomic E-state index is 13.5. The second kappa shape index (κ2) is 8.81. The largest absolute Gasteiger partial charge is 0.481 e. The molecule has 0 saturated carbocycles. The Balaban J connectivity index is 1.45. The molecule has 11 heteroatoms. The van der Waals surface area contributed by atoms with Crippen LogP contribution in [0.15, 0.2) is 35.1 Å². The Bertz CT molecular complexity index is 1150. The molecule has 8 nitrogen and oxygen atoms in total. The van der Waals surface area contributed by atoms with Gasteiger partial charge in [0.25, 0.3) is 5.92 Å². The number of aryl methyl sites for hydroxylation is 1. The van der Waals surface area contributed by atoms with Crippen LogP contribution in [0.1, 0.15) is 22.5 Å². The number of piperazine rings is 1. The Hall–Kier alpha value is -3.08. The molecule has 0 N–H and O–H groups in total. The second-order valence-electron chi connectivity index (χ2n) is 7.61. The summed E-state index contributed by atoms with van der Waals surface area (Å²) in [6.45, 7) is 5.45. The Morgan fingerprint density at radius 2 is 1.78 bits per heavy atom. The van der Waals surface area contributed by atoms with E-state index >= 15 is 0 Å². The average molecular weight is 463 g/mol. The van der Waals surface area contributed by atoms with Gasteiger partial charge in [0.2, 0.25) is 11.8 Å². The summed E-state index contributed by atoms with van der Waals surface area (Å²) in [5, 5.41) is 0. The SMILES string of the molecule is COc1cccc(N2CCN(c3nc(C)n(Cc4ccc(C(C)(F)F)s4)c(=O)n3)CC2)n1. The van der Waals surface area contributed by atoms with E-state index in [-0.39, 0.29) is 11.4 Å². The lowest BCUT2D eigenvalue weighted by molar-refractivity contribution is 0.0215. The van der Waals surface area contributed by atoms with Crippen LogP contribution < -0.4 is 20.2 Å². The minimum Gasteiger partial charge on any atom is -0.481 e. The van der Waals surface area contributed by atoms with Crippen molar-refractivity contribution in [3.05, 3.63) is 56.4 Å². The van der Waals surface area contributed by atoms with Crippen LogP contribution >= 0.6 is 11.3 Å². The summed E-state index contributed by atoms with van der Waals surface area (Å²) >= 11 is 0.989. The maximum Gasteiger partial charge on any atom is 0.352 e. The summed E-state index contributed by atoms with van der Waals surface area (Å²) in [7, 11) is 1.59. The van der Waals surface area contributed by atoms with Gasteiger partial charge >= 0.3 is 5.69 Å². The molecule has 0 amide bonds. The topological polar surface area (TPSA) is 76.4 Å². The molecule has 0 bridgehead atoms. The monoisotopic (exact) mass is 462 g/mol. The van der Waals surface area contributed by atoms with Gasteiger partial charge in [-0.05, 0) is 25.1 Å². The maximum atomic E-state index is 13.5. The van der Waals surface area contributed by atoms with Crippen LogP contribution in [0.4, 0.5) is 20.5 Å². The van der Waals surface area contributed by atoms with Crippen molar-refractivity contribution in [2.45, 2.75) is 26.3 Å². The number of anilines is 2. The Kier molecular flexibility index (Phi) is 6.09. The lowest BCUT2D eigenvalue weighted by Crippen LogP contribution is -2.48. The molecule has 4 heterocycles. The fourth-order valence-corrected chi connectivity index (χ4v) is 4.45. The molecule has 0 aliphatic carbocycles. The van der Waals surface area contributed by atoms with Crippen molar-refractivity contribution in [3.8, 4) is 5.88 Å². The fourth-order valence-electron chi connectivity index (χ4n) is 3.52. The predicted octanol–water partition coefficient (Wildman–Crippen LogP) is 2.90. The molecule has 0 aromatic carbocycles. The number of alkyl halides is 2. The average Bonchev–Trinajstić information content (AvgIpc) is 3.26. The van der Waals surface area contributed by atoms with Gasteiger partial charge in [0, 0.05) is 44.0 Å². The van der Waals surface area contributed by atoms with Crippen molar-refractivity contribution in [1.29, 1.82) is 0 Å². The summed E-state index contributed by atoms with van der Waals surface area (Å²) in [5.74, 6) is -0.618. The van der Waals surface area contributed by atoms with Crippen molar-refractivity contribution in [3.63, 3.8) is 0 Å². The first-order valence-electron chi connectivity index (χ1n) is 10.2. The molecule has 0 radical (unpaired) electrons. The summed E-state index contributed by atoms with van der Waals surface area (Å²) < 4.78 is 33.6. The number of hydrogen-bond donors (Lipinski definition) is 0. The molecule has 1 fully saturated rings. The summed E-state index contributed by atoms with van der Waals surface area (Å²) in [6.07, 6.45) is 0. The van der Waals surface area contributed by atoms with Crippen LogP contribution in [0, 0.1) is 6.92 Å². The van der Waals surface area contributed by atoms with E-state index in [1.165, 1.54) is 10.6 Å². The van der Waals surface area contributed by atoms with Gasteiger partial charge < -0.3 is 14.5 Å². The molecule has 0 spiro atoms. The molecule has 3 aromatic rings. The summed E-state index contributed by atoms with van der Waals surface area (Å²) in [5.41, 5.74) is -0.442. The molecule has 1 aliphatic rings. The lowest BCUT2D eigenvalue weighted by Gasteiger charge is -2.35. The first-order chi connectivity index (χ1) is 15.2. The van der Waals surface area contributed by atoms with Crippen molar-refractivity contribution in [2.75, 3.05) is 43.1 Å². The standard InChI is InChI=1S/C21H24F2N6O2S/c1-14-24-19(26-20(30)29(14)13-15-7-8-16(32-15)21(2,22)23)28-11-9-27(10-12-28)17-5-4-6-18(25-17)31-3/h4-8H,9-13H2,1-3H3. The number of pyridine rings is 1. The van der Waals surface area contributed by atoms with Crippen molar-refractivity contribution in [1.82, 2.24) is 19.5 Å². The normalized spacial score (nSPS) is 14.7. The van der Waals surface area contributed by atoms with Gasteiger partial charge in [0.15, 0.2) is 0 Å². The second-order valence-corrected chi connectivity index (χ2v) is 8.77. The number of ether oxygens (including phenoxy) is 1. The van der Waals surface area contributed by atoms with Gasteiger partial charge in [-0.15, -0.1) is 11.3 Å². The summed E-state index contributed by atoms with van der Waals surface area (Å²) in [6, 6.07) is 8.65. The van der Waals surface area contributed by atoms with Crippen LogP contribution in [-0.2, 0) is 12.5 Å². The first-order valence-corrected chi connectivity index (χ1v) is 11.0. The summed E-state index contributed by atoms with van der Waals surface area (Å²) in [4.78, 5) is 30.6. The number of thiophene rings is 1. The highest BCUT2D eigenvalue weighted by Gasteiger charge is 2.26. The molecule has 1 saturated heterocycles. The van der Waals surface area contributed by atoms with Gasteiger partial charge in [-0.2, -0.15) is 15.0 Å². The molecule has 3 aromatic heterocycles. The van der Waals surface area contributed by atoms with E-state index in [2.05, 4.69) is 19.9 Å². The zero-order chi connectivity index (χ0) is 22.9. The molecular formula is C21H24F2N6O2S. The Morgan fingerprint density at radius 3 is 2.41 bits per heavy atom.